The van der Waals surface area contributed by atoms with Crippen LogP contribution < -0.4 is 0 Å². The second-order valence-corrected chi connectivity index (χ2v) is 5.49. The average molecular weight is 253 g/mol. The maximum absolute atomic E-state index is 4.40. The highest BCUT2D eigenvalue weighted by molar-refractivity contribution is 5.74. The Labute approximate surface area is 111 Å². The number of rotatable bonds is 1. The zero-order valence-corrected chi connectivity index (χ0v) is 11.2. The van der Waals surface area contributed by atoms with Crippen molar-refractivity contribution >= 4 is 11.0 Å². The van der Waals surface area contributed by atoms with Gasteiger partial charge in [0.1, 0.15) is 5.52 Å². The zero-order valence-electron chi connectivity index (χ0n) is 11.2. The van der Waals surface area contributed by atoms with E-state index in [1.54, 1.807) is 17.1 Å². The lowest BCUT2D eigenvalue weighted by Gasteiger charge is -2.17. The quantitative estimate of drug-likeness (QED) is 0.668. The van der Waals surface area contributed by atoms with Crippen molar-refractivity contribution in [1.29, 1.82) is 0 Å². The largest absolute Gasteiger partial charge is 0.253 e. The van der Waals surface area contributed by atoms with Gasteiger partial charge in [0.2, 0.25) is 0 Å². The summed E-state index contributed by atoms with van der Waals surface area (Å²) in [5.41, 5.74) is 2.90. The molecule has 0 atom stereocenters. The summed E-state index contributed by atoms with van der Waals surface area (Å²) in [4.78, 5) is 13.0. The predicted molar refractivity (Wildman–Crippen MR) is 73.2 cm³/mol. The molecule has 3 aromatic rings. The van der Waals surface area contributed by atoms with E-state index in [1.165, 1.54) is 0 Å². The van der Waals surface area contributed by atoms with Crippen LogP contribution in [0.1, 0.15) is 26.3 Å². The molecular formula is C14H15N5. The summed E-state index contributed by atoms with van der Waals surface area (Å²) in [5, 5.41) is 4.29. The minimum Gasteiger partial charge on any atom is -0.253 e. The van der Waals surface area contributed by atoms with Crippen LogP contribution in [0.25, 0.3) is 17.0 Å². The highest BCUT2D eigenvalue weighted by atomic mass is 15.3. The van der Waals surface area contributed by atoms with Gasteiger partial charge in [-0.2, -0.15) is 9.78 Å². The third kappa shape index (κ3) is 2.07. The lowest BCUT2D eigenvalue weighted by molar-refractivity contribution is 0.582. The fraction of sp³-hybridized carbons (Fsp3) is 0.286. The van der Waals surface area contributed by atoms with Gasteiger partial charge < -0.3 is 0 Å². The van der Waals surface area contributed by atoms with Crippen molar-refractivity contribution in [2.75, 3.05) is 0 Å². The zero-order chi connectivity index (χ0) is 13.5. The molecule has 0 aliphatic carbocycles. The van der Waals surface area contributed by atoms with Gasteiger partial charge in [0.25, 0.3) is 5.95 Å². The van der Waals surface area contributed by atoms with Crippen LogP contribution in [0.3, 0.4) is 0 Å². The monoisotopic (exact) mass is 253 g/mol. The highest BCUT2D eigenvalue weighted by Gasteiger charge is 2.15. The average Bonchev–Trinajstić information content (AvgIpc) is 2.82. The molecule has 96 valence electrons. The molecule has 0 spiro atoms. The topological polar surface area (TPSA) is 56.5 Å². The smallest absolute Gasteiger partial charge is 0.251 e. The summed E-state index contributed by atoms with van der Waals surface area (Å²) in [5.74, 6) is 0.566. The molecule has 0 aliphatic rings. The van der Waals surface area contributed by atoms with E-state index < -0.39 is 0 Å². The Bertz CT molecular complexity index is 707. The molecule has 3 aromatic heterocycles. The van der Waals surface area contributed by atoms with E-state index in [4.69, 9.17) is 0 Å². The fourth-order valence-electron chi connectivity index (χ4n) is 1.84. The molecule has 0 amide bonds. The van der Waals surface area contributed by atoms with E-state index in [2.05, 4.69) is 40.8 Å². The first-order chi connectivity index (χ1) is 9.05. The van der Waals surface area contributed by atoms with Crippen molar-refractivity contribution in [2.45, 2.75) is 26.2 Å². The standard InChI is InChI=1S/C14H15N5/c1-14(2,3)10-7-16-13(17-8-10)19-12-5-4-6-15-11(12)9-18-19/h4-9H,1-3H3. The second-order valence-electron chi connectivity index (χ2n) is 5.49. The van der Waals surface area contributed by atoms with Gasteiger partial charge in [0.15, 0.2) is 0 Å². The van der Waals surface area contributed by atoms with Crippen LogP contribution in [0.4, 0.5) is 0 Å². The van der Waals surface area contributed by atoms with E-state index >= 15 is 0 Å². The Morgan fingerprint density at radius 3 is 2.42 bits per heavy atom. The van der Waals surface area contributed by atoms with Gasteiger partial charge >= 0.3 is 0 Å². The maximum atomic E-state index is 4.40. The molecule has 0 saturated heterocycles. The molecule has 19 heavy (non-hydrogen) atoms. The molecular weight excluding hydrogens is 238 g/mol. The minimum atomic E-state index is 0.0479. The van der Waals surface area contributed by atoms with E-state index in [0.717, 1.165) is 16.6 Å². The third-order valence-corrected chi connectivity index (χ3v) is 3.03. The maximum Gasteiger partial charge on any atom is 0.251 e. The summed E-state index contributed by atoms with van der Waals surface area (Å²) in [6, 6.07) is 3.83. The third-order valence-electron chi connectivity index (χ3n) is 3.03. The Balaban J connectivity index is 2.07. The van der Waals surface area contributed by atoms with Crippen molar-refractivity contribution in [3.8, 4) is 5.95 Å². The Kier molecular flexibility index (Phi) is 2.55. The number of nitrogens with zero attached hydrogens (tertiary/aromatic N) is 5. The summed E-state index contributed by atoms with van der Waals surface area (Å²) in [7, 11) is 0. The number of hydrogen-bond acceptors (Lipinski definition) is 4. The summed E-state index contributed by atoms with van der Waals surface area (Å²) < 4.78 is 1.70. The van der Waals surface area contributed by atoms with Crippen LogP contribution in [-0.4, -0.2) is 24.7 Å². The van der Waals surface area contributed by atoms with Crippen molar-refractivity contribution in [2.24, 2.45) is 0 Å². The van der Waals surface area contributed by atoms with Gasteiger partial charge in [-0.25, -0.2) is 9.97 Å². The second kappa shape index (κ2) is 4.12. The molecule has 0 saturated carbocycles. The van der Waals surface area contributed by atoms with Gasteiger partial charge in [-0.1, -0.05) is 20.8 Å². The van der Waals surface area contributed by atoms with Gasteiger partial charge in [-0.3, -0.25) is 4.98 Å². The van der Waals surface area contributed by atoms with Gasteiger partial charge in [-0.05, 0) is 23.1 Å². The van der Waals surface area contributed by atoms with Crippen molar-refractivity contribution in [1.82, 2.24) is 24.7 Å². The first-order valence-corrected chi connectivity index (χ1v) is 6.17. The van der Waals surface area contributed by atoms with E-state index in [1.807, 2.05) is 24.5 Å². The van der Waals surface area contributed by atoms with E-state index in [0.29, 0.717) is 5.95 Å². The number of fused-ring (bicyclic) bond motifs is 1. The summed E-state index contributed by atoms with van der Waals surface area (Å²) in [6.07, 6.45) is 7.17. The summed E-state index contributed by atoms with van der Waals surface area (Å²) >= 11 is 0. The predicted octanol–water partition coefficient (Wildman–Crippen LogP) is 2.51. The molecule has 0 bridgehead atoms. The Morgan fingerprint density at radius 1 is 1.00 bits per heavy atom. The number of aromatic nitrogens is 5. The molecule has 0 fully saturated rings. The molecule has 0 radical (unpaired) electrons. The molecule has 0 N–H and O–H groups in total. The van der Waals surface area contributed by atoms with E-state index in [9.17, 15) is 0 Å². The van der Waals surface area contributed by atoms with Crippen molar-refractivity contribution < 1.29 is 0 Å². The lowest BCUT2D eigenvalue weighted by atomic mass is 9.89. The van der Waals surface area contributed by atoms with Crippen LogP contribution in [0.2, 0.25) is 0 Å². The molecule has 0 aliphatic heterocycles. The number of hydrogen-bond donors (Lipinski definition) is 0. The molecule has 0 aromatic carbocycles. The van der Waals surface area contributed by atoms with Crippen LogP contribution in [0, 0.1) is 0 Å². The van der Waals surface area contributed by atoms with Crippen molar-refractivity contribution in [3.63, 3.8) is 0 Å². The van der Waals surface area contributed by atoms with Gasteiger partial charge in [0, 0.05) is 18.6 Å². The molecule has 3 rings (SSSR count). The van der Waals surface area contributed by atoms with E-state index in [-0.39, 0.29) is 5.41 Å². The van der Waals surface area contributed by atoms with Gasteiger partial charge in [0.05, 0.1) is 11.7 Å². The lowest BCUT2D eigenvalue weighted by Crippen LogP contribution is -2.13. The number of pyridine rings is 1. The van der Waals surface area contributed by atoms with Gasteiger partial charge in [-0.15, -0.1) is 0 Å². The first-order valence-electron chi connectivity index (χ1n) is 6.17. The summed E-state index contributed by atoms with van der Waals surface area (Å²) in [6.45, 7) is 6.41. The van der Waals surface area contributed by atoms with Crippen LogP contribution in [-0.2, 0) is 5.41 Å². The molecule has 0 unspecified atom stereocenters. The highest BCUT2D eigenvalue weighted by Crippen LogP contribution is 2.21. The SMILES string of the molecule is CC(C)(C)c1cnc(-n2ncc3ncccc32)nc1. The van der Waals surface area contributed by atoms with Crippen LogP contribution in [0.15, 0.2) is 36.9 Å². The van der Waals surface area contributed by atoms with Crippen LogP contribution in [0.5, 0.6) is 0 Å². The molecule has 5 nitrogen and oxygen atoms in total. The minimum absolute atomic E-state index is 0.0479. The Hall–Kier alpha value is -2.30. The molecule has 5 heteroatoms. The Morgan fingerprint density at radius 2 is 1.74 bits per heavy atom. The first kappa shape index (κ1) is 11.8. The normalized spacial score (nSPS) is 11.9. The fourth-order valence-corrected chi connectivity index (χ4v) is 1.84. The molecule has 3 heterocycles. The van der Waals surface area contributed by atoms with Crippen molar-refractivity contribution in [3.05, 3.63) is 42.5 Å². The van der Waals surface area contributed by atoms with Crippen LogP contribution >= 0.6 is 0 Å².